The SMILES string of the molecule is CC(C)c1c(C(=O)Nc2ccccc2)c(-c2ccccc2)c(-c2ccc(F)cc2)n1CC[C@@H](O)C[C@@H](O)CC(=O)O.CC(N)c1ccccc1. The largest absolute Gasteiger partial charge is 0.481 e. The zero-order valence-corrected chi connectivity index (χ0v) is 28.7. The van der Waals surface area contributed by atoms with E-state index in [2.05, 4.69) is 5.32 Å². The van der Waals surface area contributed by atoms with Crippen molar-refractivity contribution in [1.29, 1.82) is 0 Å². The van der Waals surface area contributed by atoms with Crippen molar-refractivity contribution in [3.8, 4) is 22.4 Å². The molecule has 50 heavy (non-hydrogen) atoms. The summed E-state index contributed by atoms with van der Waals surface area (Å²) in [6.45, 7) is 6.23. The predicted octanol–water partition coefficient (Wildman–Crippen LogP) is 8.02. The number of nitrogens with one attached hydrogen (secondary N) is 1. The zero-order valence-electron chi connectivity index (χ0n) is 28.7. The highest BCUT2D eigenvalue weighted by molar-refractivity contribution is 6.12. The molecule has 0 radical (unpaired) electrons. The molecule has 8 nitrogen and oxygen atoms in total. The molecular weight excluding hydrogens is 633 g/mol. The molecule has 1 amide bonds. The minimum absolute atomic E-state index is 0.0939. The second kappa shape index (κ2) is 18.1. The number of rotatable bonds is 13. The van der Waals surface area contributed by atoms with Crippen LogP contribution in [-0.4, -0.2) is 44.0 Å². The van der Waals surface area contributed by atoms with Crippen LogP contribution in [0.25, 0.3) is 22.4 Å². The van der Waals surface area contributed by atoms with Gasteiger partial charge >= 0.3 is 5.97 Å². The molecule has 5 rings (SSSR count). The van der Waals surface area contributed by atoms with E-state index >= 15 is 0 Å². The van der Waals surface area contributed by atoms with Gasteiger partial charge in [0.05, 0.1) is 29.9 Å². The number of nitrogens with two attached hydrogens (primary N) is 1. The van der Waals surface area contributed by atoms with Crippen LogP contribution in [0.5, 0.6) is 0 Å². The number of nitrogens with zero attached hydrogens (tertiary/aromatic N) is 1. The second-order valence-corrected chi connectivity index (χ2v) is 12.6. The van der Waals surface area contributed by atoms with E-state index in [1.165, 1.54) is 17.7 Å². The molecule has 3 atom stereocenters. The van der Waals surface area contributed by atoms with E-state index in [0.29, 0.717) is 28.1 Å². The van der Waals surface area contributed by atoms with E-state index in [1.54, 1.807) is 12.1 Å². The second-order valence-electron chi connectivity index (χ2n) is 12.6. The van der Waals surface area contributed by atoms with Gasteiger partial charge in [-0.05, 0) is 78.8 Å². The molecule has 9 heteroatoms. The van der Waals surface area contributed by atoms with Crippen LogP contribution in [0.4, 0.5) is 10.1 Å². The van der Waals surface area contributed by atoms with Gasteiger partial charge in [0.25, 0.3) is 5.91 Å². The smallest absolute Gasteiger partial charge is 0.305 e. The predicted molar refractivity (Wildman–Crippen MR) is 196 cm³/mol. The molecule has 0 aliphatic carbocycles. The Morgan fingerprint density at radius 1 is 0.780 bits per heavy atom. The Balaban J connectivity index is 0.000000541. The standard InChI is InChI=1S/C33H35FN2O5.C8H11N/c1-21(2)31-30(33(41)35-25-11-7-4-8-12-25)29(22-9-5-3-6-10-22)32(23-13-15-24(34)16-14-23)36(31)18-17-26(37)19-27(38)20-28(39)40;1-7(9)8-5-3-2-4-6-8/h3-16,21,26-27,37-38H,17-20H2,1-2H3,(H,35,41)(H,39,40);2-7H,9H2,1H3/t26-,27-;/m1./s1. The summed E-state index contributed by atoms with van der Waals surface area (Å²) >= 11 is 0. The summed E-state index contributed by atoms with van der Waals surface area (Å²) < 4.78 is 16.0. The lowest BCUT2D eigenvalue weighted by Gasteiger charge is -2.20. The molecule has 0 fully saturated rings. The van der Waals surface area contributed by atoms with E-state index in [9.17, 15) is 24.2 Å². The van der Waals surface area contributed by atoms with Gasteiger partial charge < -0.3 is 30.9 Å². The molecule has 1 aromatic heterocycles. The molecule has 0 bridgehead atoms. The summed E-state index contributed by atoms with van der Waals surface area (Å²) in [5.74, 6) is -1.93. The number of hydrogen-bond acceptors (Lipinski definition) is 5. The van der Waals surface area contributed by atoms with Gasteiger partial charge in [-0.1, -0.05) is 92.7 Å². The number of aliphatic hydroxyl groups excluding tert-OH is 2. The Hall–Kier alpha value is -5.09. The van der Waals surface area contributed by atoms with Crippen LogP contribution in [0.15, 0.2) is 115 Å². The van der Waals surface area contributed by atoms with Gasteiger partial charge in [0, 0.05) is 29.5 Å². The minimum Gasteiger partial charge on any atom is -0.481 e. The lowest BCUT2D eigenvalue weighted by molar-refractivity contribution is -0.139. The first-order chi connectivity index (χ1) is 24.0. The Bertz CT molecular complexity index is 1810. The van der Waals surface area contributed by atoms with Gasteiger partial charge in [-0.3, -0.25) is 9.59 Å². The average Bonchev–Trinajstić information content (AvgIpc) is 3.44. The summed E-state index contributed by atoms with van der Waals surface area (Å²) in [6, 6.07) is 35.0. The average molecular weight is 680 g/mol. The first kappa shape index (κ1) is 37.7. The molecule has 262 valence electrons. The fourth-order valence-corrected chi connectivity index (χ4v) is 5.96. The molecule has 1 heterocycles. The summed E-state index contributed by atoms with van der Waals surface area (Å²) in [6.07, 6.45) is -2.51. The molecule has 0 aliphatic heterocycles. The Kier molecular flexibility index (Phi) is 13.6. The first-order valence-electron chi connectivity index (χ1n) is 16.8. The van der Waals surface area contributed by atoms with Crippen LogP contribution in [0.1, 0.15) is 73.6 Å². The maximum Gasteiger partial charge on any atom is 0.305 e. The number of amides is 1. The number of benzene rings is 4. The number of hydrogen-bond donors (Lipinski definition) is 5. The van der Waals surface area contributed by atoms with Crippen molar-refractivity contribution in [1.82, 2.24) is 4.57 Å². The maximum absolute atomic E-state index is 14.0. The molecule has 0 spiro atoms. The number of carboxylic acids is 1. The Morgan fingerprint density at radius 3 is 1.86 bits per heavy atom. The number of aromatic nitrogens is 1. The van der Waals surface area contributed by atoms with Crippen LogP contribution >= 0.6 is 0 Å². The zero-order chi connectivity index (χ0) is 36.2. The van der Waals surface area contributed by atoms with E-state index < -0.39 is 24.6 Å². The van der Waals surface area contributed by atoms with Crippen molar-refractivity contribution in [2.24, 2.45) is 5.73 Å². The first-order valence-corrected chi connectivity index (χ1v) is 16.8. The van der Waals surface area contributed by atoms with Crippen molar-refractivity contribution < 1.29 is 29.3 Å². The monoisotopic (exact) mass is 679 g/mol. The van der Waals surface area contributed by atoms with Gasteiger partial charge in [0.2, 0.25) is 0 Å². The van der Waals surface area contributed by atoms with E-state index in [0.717, 1.165) is 11.3 Å². The van der Waals surface area contributed by atoms with Crippen LogP contribution in [-0.2, 0) is 11.3 Å². The van der Waals surface area contributed by atoms with Gasteiger partial charge in [0.1, 0.15) is 5.82 Å². The highest BCUT2D eigenvalue weighted by atomic mass is 19.1. The van der Waals surface area contributed by atoms with Crippen molar-refractivity contribution in [3.63, 3.8) is 0 Å². The topological polar surface area (TPSA) is 138 Å². The number of anilines is 1. The van der Waals surface area contributed by atoms with Crippen LogP contribution in [0, 0.1) is 5.82 Å². The Morgan fingerprint density at radius 2 is 1.34 bits per heavy atom. The van der Waals surface area contributed by atoms with Gasteiger partial charge in [-0.15, -0.1) is 0 Å². The quantitative estimate of drug-likeness (QED) is 0.0855. The number of carbonyl (C=O) groups is 2. The minimum atomic E-state index is -1.18. The van der Waals surface area contributed by atoms with Crippen LogP contribution in [0.3, 0.4) is 0 Å². The van der Waals surface area contributed by atoms with Crippen LogP contribution in [0.2, 0.25) is 0 Å². The summed E-state index contributed by atoms with van der Waals surface area (Å²) in [5, 5.41) is 32.8. The maximum atomic E-state index is 14.0. The highest BCUT2D eigenvalue weighted by Gasteiger charge is 2.31. The molecule has 0 saturated heterocycles. The molecular formula is C41H46FN3O5. The van der Waals surface area contributed by atoms with Gasteiger partial charge in [0.15, 0.2) is 0 Å². The van der Waals surface area contributed by atoms with Gasteiger partial charge in [-0.2, -0.15) is 0 Å². The molecule has 4 aromatic carbocycles. The molecule has 6 N–H and O–H groups in total. The summed E-state index contributed by atoms with van der Waals surface area (Å²) in [4.78, 5) is 25.0. The third kappa shape index (κ3) is 10.2. The third-order valence-corrected chi connectivity index (χ3v) is 8.26. The molecule has 1 unspecified atom stereocenters. The number of halogens is 1. The molecule has 0 saturated carbocycles. The van der Waals surface area contributed by atoms with E-state index in [-0.39, 0.29) is 43.1 Å². The van der Waals surface area contributed by atoms with E-state index in [4.69, 9.17) is 10.8 Å². The fraction of sp³-hybridized carbons (Fsp3) is 0.268. The number of carboxylic acid groups (broad SMARTS) is 1. The molecule has 0 aliphatic rings. The Labute approximate surface area is 293 Å². The van der Waals surface area contributed by atoms with Crippen molar-refractivity contribution in [2.45, 2.75) is 70.7 Å². The lowest BCUT2D eigenvalue weighted by atomic mass is 9.94. The van der Waals surface area contributed by atoms with Crippen molar-refractivity contribution >= 4 is 17.6 Å². The van der Waals surface area contributed by atoms with Crippen molar-refractivity contribution in [3.05, 3.63) is 138 Å². The fourth-order valence-electron chi connectivity index (χ4n) is 5.96. The molecule has 5 aromatic rings. The number of aliphatic carboxylic acids is 1. The summed E-state index contributed by atoms with van der Waals surface area (Å²) in [7, 11) is 0. The van der Waals surface area contributed by atoms with Gasteiger partial charge in [-0.25, -0.2) is 4.39 Å². The normalized spacial score (nSPS) is 12.8. The van der Waals surface area contributed by atoms with Crippen LogP contribution < -0.4 is 11.1 Å². The number of carbonyl (C=O) groups excluding carboxylic acids is 1. The highest BCUT2D eigenvalue weighted by Crippen LogP contribution is 2.42. The van der Waals surface area contributed by atoms with E-state index in [1.807, 2.05) is 116 Å². The van der Waals surface area contributed by atoms with Crippen molar-refractivity contribution in [2.75, 3.05) is 5.32 Å². The lowest BCUT2D eigenvalue weighted by Crippen LogP contribution is -2.22. The number of aliphatic hydroxyl groups is 2. The number of para-hydroxylation sites is 1. The third-order valence-electron chi connectivity index (χ3n) is 8.26. The summed E-state index contributed by atoms with van der Waals surface area (Å²) in [5.41, 5.74) is 11.6.